The summed E-state index contributed by atoms with van der Waals surface area (Å²) in [5, 5.41) is 0. The molecule has 5 nitrogen and oxygen atoms in total. The third-order valence-corrected chi connectivity index (χ3v) is 4.96. The standard InChI is InChI=1S/C23H44O5/c1-5-9-12-16-24-20-19-28-23(27-15-8-4)22(26-18-14-11-7-3)21(20)25-17-13-10-6-2/h8,20-23H,4-7,9-19H2,1-3H3/t20-,21+,22-,23-/m1/s1. The van der Waals surface area contributed by atoms with Gasteiger partial charge in [-0.3, -0.25) is 0 Å². The van der Waals surface area contributed by atoms with Crippen LogP contribution in [0.5, 0.6) is 0 Å². The van der Waals surface area contributed by atoms with E-state index in [9.17, 15) is 0 Å². The molecule has 0 bridgehead atoms. The quantitative estimate of drug-likeness (QED) is 0.232. The zero-order valence-electron chi connectivity index (χ0n) is 18.5. The molecule has 0 aromatic carbocycles. The smallest absolute Gasteiger partial charge is 0.186 e. The highest BCUT2D eigenvalue weighted by Crippen LogP contribution is 2.25. The Morgan fingerprint density at radius 2 is 1.29 bits per heavy atom. The maximum Gasteiger partial charge on any atom is 0.186 e. The first-order valence-electron chi connectivity index (χ1n) is 11.5. The van der Waals surface area contributed by atoms with E-state index in [2.05, 4.69) is 27.4 Å². The highest BCUT2D eigenvalue weighted by atomic mass is 16.7. The Morgan fingerprint density at radius 3 is 1.82 bits per heavy atom. The van der Waals surface area contributed by atoms with Gasteiger partial charge in [0.2, 0.25) is 0 Å². The first-order chi connectivity index (χ1) is 13.8. The van der Waals surface area contributed by atoms with E-state index in [0.29, 0.717) is 19.8 Å². The highest BCUT2D eigenvalue weighted by Gasteiger charge is 2.43. The third-order valence-electron chi connectivity index (χ3n) is 4.96. The van der Waals surface area contributed by atoms with Crippen LogP contribution < -0.4 is 0 Å². The van der Waals surface area contributed by atoms with Crippen molar-refractivity contribution in [2.24, 2.45) is 0 Å². The molecule has 5 heteroatoms. The molecule has 0 aromatic heterocycles. The van der Waals surface area contributed by atoms with Gasteiger partial charge in [0.15, 0.2) is 6.29 Å². The zero-order valence-corrected chi connectivity index (χ0v) is 18.5. The Labute approximate surface area is 173 Å². The molecule has 0 unspecified atom stereocenters. The molecule has 0 amide bonds. The lowest BCUT2D eigenvalue weighted by Crippen LogP contribution is -2.57. The van der Waals surface area contributed by atoms with Crippen molar-refractivity contribution < 1.29 is 23.7 Å². The molecule has 1 heterocycles. The Kier molecular flexibility index (Phi) is 15.9. The fourth-order valence-electron chi connectivity index (χ4n) is 3.30. The molecular formula is C23H44O5. The van der Waals surface area contributed by atoms with Gasteiger partial charge in [0.1, 0.15) is 18.3 Å². The van der Waals surface area contributed by atoms with Crippen LogP contribution in [-0.4, -0.2) is 57.6 Å². The Bertz CT molecular complexity index is 363. The van der Waals surface area contributed by atoms with Crippen LogP contribution in [0.4, 0.5) is 0 Å². The second-order valence-corrected chi connectivity index (χ2v) is 7.53. The van der Waals surface area contributed by atoms with Crippen LogP contribution in [0.15, 0.2) is 12.7 Å². The molecule has 4 atom stereocenters. The molecule has 166 valence electrons. The van der Waals surface area contributed by atoms with E-state index in [-0.39, 0.29) is 18.3 Å². The van der Waals surface area contributed by atoms with Crippen LogP contribution >= 0.6 is 0 Å². The van der Waals surface area contributed by atoms with Crippen molar-refractivity contribution in [2.45, 2.75) is 103 Å². The van der Waals surface area contributed by atoms with Crippen molar-refractivity contribution in [3.05, 3.63) is 12.7 Å². The van der Waals surface area contributed by atoms with Gasteiger partial charge in [-0.15, -0.1) is 6.58 Å². The van der Waals surface area contributed by atoms with Crippen molar-refractivity contribution in [3.8, 4) is 0 Å². The molecule has 1 rings (SSSR count). The van der Waals surface area contributed by atoms with Crippen LogP contribution in [0.25, 0.3) is 0 Å². The Morgan fingerprint density at radius 1 is 0.750 bits per heavy atom. The average molecular weight is 401 g/mol. The minimum absolute atomic E-state index is 0.113. The number of ether oxygens (including phenoxy) is 5. The van der Waals surface area contributed by atoms with Crippen molar-refractivity contribution in [2.75, 3.05) is 33.0 Å². The molecule has 1 aliphatic heterocycles. The lowest BCUT2D eigenvalue weighted by atomic mass is 10.0. The molecule has 1 saturated heterocycles. The molecule has 1 fully saturated rings. The van der Waals surface area contributed by atoms with Gasteiger partial charge in [-0.1, -0.05) is 65.4 Å². The highest BCUT2D eigenvalue weighted by molar-refractivity contribution is 4.87. The normalized spacial score (nSPS) is 25.1. The minimum atomic E-state index is -0.439. The molecule has 28 heavy (non-hydrogen) atoms. The lowest BCUT2D eigenvalue weighted by molar-refractivity contribution is -0.292. The topological polar surface area (TPSA) is 46.2 Å². The van der Waals surface area contributed by atoms with Gasteiger partial charge in [0, 0.05) is 19.8 Å². The first-order valence-corrected chi connectivity index (χ1v) is 11.5. The van der Waals surface area contributed by atoms with Crippen molar-refractivity contribution in [1.29, 1.82) is 0 Å². The van der Waals surface area contributed by atoms with Crippen LogP contribution in [0.2, 0.25) is 0 Å². The largest absolute Gasteiger partial charge is 0.373 e. The predicted octanol–water partition coefficient (Wildman–Crippen LogP) is 5.27. The zero-order chi connectivity index (χ0) is 20.5. The predicted molar refractivity (Wildman–Crippen MR) is 114 cm³/mol. The molecule has 0 radical (unpaired) electrons. The summed E-state index contributed by atoms with van der Waals surface area (Å²) < 4.78 is 30.5. The molecular weight excluding hydrogens is 356 g/mol. The van der Waals surface area contributed by atoms with E-state index in [0.717, 1.165) is 38.9 Å². The summed E-state index contributed by atoms with van der Waals surface area (Å²) in [5.74, 6) is 0. The van der Waals surface area contributed by atoms with Crippen LogP contribution in [0.3, 0.4) is 0 Å². The fourth-order valence-corrected chi connectivity index (χ4v) is 3.30. The number of rotatable bonds is 18. The monoisotopic (exact) mass is 400 g/mol. The molecule has 0 aliphatic carbocycles. The van der Waals surface area contributed by atoms with Gasteiger partial charge in [-0.05, 0) is 19.3 Å². The van der Waals surface area contributed by atoms with Crippen LogP contribution in [-0.2, 0) is 23.7 Å². The number of unbranched alkanes of at least 4 members (excludes halogenated alkanes) is 6. The van der Waals surface area contributed by atoms with Crippen LogP contribution in [0.1, 0.15) is 78.6 Å². The second-order valence-electron chi connectivity index (χ2n) is 7.53. The van der Waals surface area contributed by atoms with Gasteiger partial charge in [0.05, 0.1) is 13.2 Å². The maximum absolute atomic E-state index is 6.30. The van der Waals surface area contributed by atoms with Crippen molar-refractivity contribution in [1.82, 2.24) is 0 Å². The lowest BCUT2D eigenvalue weighted by Gasteiger charge is -2.41. The van der Waals surface area contributed by atoms with E-state index >= 15 is 0 Å². The van der Waals surface area contributed by atoms with E-state index in [1.165, 1.54) is 32.1 Å². The van der Waals surface area contributed by atoms with Gasteiger partial charge in [0.25, 0.3) is 0 Å². The summed E-state index contributed by atoms with van der Waals surface area (Å²) in [6, 6.07) is 0. The molecule has 0 N–H and O–H groups in total. The summed E-state index contributed by atoms with van der Waals surface area (Å²) in [6.07, 6.45) is 10.9. The summed E-state index contributed by atoms with van der Waals surface area (Å²) in [4.78, 5) is 0. The molecule has 0 spiro atoms. The van der Waals surface area contributed by atoms with E-state index in [1.54, 1.807) is 6.08 Å². The van der Waals surface area contributed by atoms with E-state index in [1.807, 2.05) is 0 Å². The number of hydrogen-bond acceptors (Lipinski definition) is 5. The number of hydrogen-bond donors (Lipinski definition) is 0. The Balaban J connectivity index is 2.73. The van der Waals surface area contributed by atoms with E-state index in [4.69, 9.17) is 23.7 Å². The van der Waals surface area contributed by atoms with Crippen LogP contribution in [0, 0.1) is 0 Å². The average Bonchev–Trinajstić information content (AvgIpc) is 2.71. The third kappa shape index (κ3) is 10.4. The summed E-state index contributed by atoms with van der Waals surface area (Å²) in [6.45, 7) is 13.4. The van der Waals surface area contributed by atoms with Gasteiger partial charge in [-0.2, -0.15) is 0 Å². The van der Waals surface area contributed by atoms with Crippen molar-refractivity contribution in [3.63, 3.8) is 0 Å². The molecule has 0 aromatic rings. The SMILES string of the molecule is C=CCO[C@@H]1OC[C@@H](OCCCCC)[C@H](OCCCCC)[C@H]1OCCCCC. The van der Waals surface area contributed by atoms with Gasteiger partial charge >= 0.3 is 0 Å². The Hall–Kier alpha value is -0.460. The van der Waals surface area contributed by atoms with Gasteiger partial charge in [-0.25, -0.2) is 0 Å². The molecule has 1 aliphatic rings. The summed E-state index contributed by atoms with van der Waals surface area (Å²) in [7, 11) is 0. The molecule has 0 saturated carbocycles. The minimum Gasteiger partial charge on any atom is -0.373 e. The summed E-state index contributed by atoms with van der Waals surface area (Å²) >= 11 is 0. The van der Waals surface area contributed by atoms with Gasteiger partial charge < -0.3 is 23.7 Å². The fraction of sp³-hybridized carbons (Fsp3) is 0.913. The summed E-state index contributed by atoms with van der Waals surface area (Å²) in [5.41, 5.74) is 0. The second kappa shape index (κ2) is 17.4. The van der Waals surface area contributed by atoms with Crippen molar-refractivity contribution >= 4 is 0 Å². The maximum atomic E-state index is 6.30. The first kappa shape index (κ1) is 25.6. The van der Waals surface area contributed by atoms with E-state index < -0.39 is 6.29 Å².